The van der Waals surface area contributed by atoms with Crippen LogP contribution in [-0.4, -0.2) is 41.4 Å². The van der Waals surface area contributed by atoms with Crippen LogP contribution < -0.4 is 10.1 Å². The number of amides is 2. The average molecular weight is 410 g/mol. The maximum absolute atomic E-state index is 12.8. The van der Waals surface area contributed by atoms with E-state index >= 15 is 0 Å². The molecule has 4 rings (SSSR count). The third kappa shape index (κ3) is 4.40. The van der Waals surface area contributed by atoms with Crippen LogP contribution in [0.2, 0.25) is 0 Å². The number of carbonyl (C=O) groups excluding carboxylic acids is 2. The van der Waals surface area contributed by atoms with Crippen LogP contribution in [0.1, 0.15) is 24.8 Å². The maximum atomic E-state index is 12.8. The summed E-state index contributed by atoms with van der Waals surface area (Å²) in [4.78, 5) is 31.8. The number of fused-ring (bicyclic) bond motifs is 1. The fourth-order valence-electron chi connectivity index (χ4n) is 3.68. The molecule has 0 aliphatic carbocycles. The maximum Gasteiger partial charge on any atom is 0.248 e. The highest BCUT2D eigenvalue weighted by atomic mass is 32.1. The Morgan fingerprint density at radius 1 is 1.24 bits per heavy atom. The molecule has 1 saturated heterocycles. The first-order valence-corrected chi connectivity index (χ1v) is 10.5. The van der Waals surface area contributed by atoms with Crippen LogP contribution in [0.25, 0.3) is 10.2 Å². The first-order chi connectivity index (χ1) is 14.1. The van der Waals surface area contributed by atoms with Crippen LogP contribution >= 0.6 is 11.3 Å². The zero-order chi connectivity index (χ0) is 20.2. The van der Waals surface area contributed by atoms with Gasteiger partial charge in [0.2, 0.25) is 11.8 Å². The molecule has 1 N–H and O–H groups in total. The highest BCUT2D eigenvalue weighted by molar-refractivity contribution is 7.22. The van der Waals surface area contributed by atoms with Crippen LogP contribution in [0.5, 0.6) is 5.75 Å². The molecule has 6 nitrogen and oxygen atoms in total. The summed E-state index contributed by atoms with van der Waals surface area (Å²) in [5.74, 6) is 0.635. The number of methoxy groups -OCH3 is 1. The van der Waals surface area contributed by atoms with E-state index in [0.717, 1.165) is 28.0 Å². The summed E-state index contributed by atoms with van der Waals surface area (Å²) in [5, 5.41) is 3.48. The Bertz CT molecular complexity index is 1000. The first kappa shape index (κ1) is 19.4. The van der Waals surface area contributed by atoms with Gasteiger partial charge >= 0.3 is 0 Å². The minimum absolute atomic E-state index is 0.00905. The van der Waals surface area contributed by atoms with E-state index in [1.807, 2.05) is 48.5 Å². The Labute approximate surface area is 173 Å². The summed E-state index contributed by atoms with van der Waals surface area (Å²) < 4.78 is 6.26. The van der Waals surface area contributed by atoms with Gasteiger partial charge in [-0.2, -0.15) is 0 Å². The Balaban J connectivity index is 1.38. The molecular weight excluding hydrogens is 386 g/mol. The molecule has 2 aromatic carbocycles. The Morgan fingerprint density at radius 3 is 2.93 bits per heavy atom. The van der Waals surface area contributed by atoms with Gasteiger partial charge in [-0.15, -0.1) is 0 Å². The quantitative estimate of drug-likeness (QED) is 0.671. The lowest BCUT2D eigenvalue weighted by Gasteiger charge is -2.23. The van der Waals surface area contributed by atoms with Crippen molar-refractivity contribution in [3.05, 3.63) is 54.1 Å². The van der Waals surface area contributed by atoms with Gasteiger partial charge in [-0.3, -0.25) is 9.59 Å². The molecule has 1 aromatic heterocycles. The Morgan fingerprint density at radius 2 is 2.10 bits per heavy atom. The predicted octanol–water partition coefficient (Wildman–Crippen LogP) is 3.87. The number of para-hydroxylation sites is 1. The van der Waals surface area contributed by atoms with Crippen molar-refractivity contribution in [1.29, 1.82) is 0 Å². The molecule has 150 valence electrons. The zero-order valence-corrected chi connectivity index (χ0v) is 17.1. The van der Waals surface area contributed by atoms with Crippen molar-refractivity contribution in [3.8, 4) is 5.75 Å². The van der Waals surface area contributed by atoms with Crippen molar-refractivity contribution in [3.63, 3.8) is 0 Å². The molecule has 0 bridgehead atoms. The molecule has 1 unspecified atom stereocenters. The highest BCUT2D eigenvalue weighted by Gasteiger charge is 2.34. The Kier molecular flexibility index (Phi) is 5.76. The number of hydrogen-bond donors (Lipinski definition) is 1. The third-order valence-electron chi connectivity index (χ3n) is 5.16. The minimum atomic E-state index is -0.431. The normalized spacial score (nSPS) is 16.2. The number of benzene rings is 2. The first-order valence-electron chi connectivity index (χ1n) is 9.73. The highest BCUT2D eigenvalue weighted by Crippen LogP contribution is 2.27. The van der Waals surface area contributed by atoms with Crippen LogP contribution in [0.4, 0.5) is 5.13 Å². The van der Waals surface area contributed by atoms with Crippen molar-refractivity contribution in [2.24, 2.45) is 0 Å². The summed E-state index contributed by atoms with van der Waals surface area (Å²) in [6, 6.07) is 15.1. The molecule has 7 heteroatoms. The molecule has 0 saturated carbocycles. The number of rotatable bonds is 6. The largest absolute Gasteiger partial charge is 0.497 e. The summed E-state index contributed by atoms with van der Waals surface area (Å²) in [6.45, 7) is 0.620. The second-order valence-corrected chi connectivity index (χ2v) is 8.10. The van der Waals surface area contributed by atoms with Gasteiger partial charge in [-0.05, 0) is 49.1 Å². The molecule has 1 aliphatic rings. The second-order valence-electron chi connectivity index (χ2n) is 7.07. The van der Waals surface area contributed by atoms with E-state index in [2.05, 4.69) is 10.3 Å². The van der Waals surface area contributed by atoms with Gasteiger partial charge in [0.15, 0.2) is 5.13 Å². The topological polar surface area (TPSA) is 71.5 Å². The van der Waals surface area contributed by atoms with Crippen LogP contribution in [0.15, 0.2) is 48.5 Å². The molecule has 0 radical (unpaired) electrons. The van der Waals surface area contributed by atoms with E-state index in [0.29, 0.717) is 30.9 Å². The van der Waals surface area contributed by atoms with E-state index in [1.54, 1.807) is 12.0 Å². The van der Waals surface area contributed by atoms with Crippen LogP contribution in [-0.2, 0) is 16.0 Å². The van der Waals surface area contributed by atoms with Crippen molar-refractivity contribution >= 4 is 38.5 Å². The van der Waals surface area contributed by atoms with Crippen LogP contribution in [0.3, 0.4) is 0 Å². The third-order valence-corrected chi connectivity index (χ3v) is 6.11. The Hall–Kier alpha value is -2.93. The fraction of sp³-hybridized carbons (Fsp3) is 0.318. The minimum Gasteiger partial charge on any atom is -0.497 e. The number of carbonyl (C=O) groups is 2. The molecule has 29 heavy (non-hydrogen) atoms. The fourth-order valence-corrected chi connectivity index (χ4v) is 4.54. The summed E-state index contributed by atoms with van der Waals surface area (Å²) in [6.07, 6.45) is 2.52. The number of thiazole rings is 1. The molecule has 3 aromatic rings. The lowest BCUT2D eigenvalue weighted by Crippen LogP contribution is -2.43. The molecule has 0 spiro atoms. The van der Waals surface area contributed by atoms with Gasteiger partial charge in [0.05, 0.1) is 17.3 Å². The predicted molar refractivity (Wildman–Crippen MR) is 114 cm³/mol. The summed E-state index contributed by atoms with van der Waals surface area (Å²) in [7, 11) is 1.63. The molecule has 1 atom stereocenters. The number of aromatic nitrogens is 1. The standard InChI is InChI=1S/C22H23N3O3S/c1-28-16-7-4-6-15(14-16)11-12-20(26)25-13-5-9-18(25)21(27)24-22-23-17-8-2-3-10-19(17)29-22/h2-4,6-8,10,14,18H,5,9,11-13H2,1H3,(H,23,24,27). The molecule has 2 heterocycles. The number of ether oxygens (including phenoxy) is 1. The van der Waals surface area contributed by atoms with Gasteiger partial charge in [-0.25, -0.2) is 4.98 Å². The average Bonchev–Trinajstić information content (AvgIpc) is 3.38. The lowest BCUT2D eigenvalue weighted by atomic mass is 10.1. The smallest absolute Gasteiger partial charge is 0.248 e. The molecule has 1 fully saturated rings. The van der Waals surface area contributed by atoms with Gasteiger partial charge in [0.25, 0.3) is 0 Å². The molecular formula is C22H23N3O3S. The van der Waals surface area contributed by atoms with E-state index in [4.69, 9.17) is 4.74 Å². The van der Waals surface area contributed by atoms with Crippen molar-refractivity contribution in [2.75, 3.05) is 19.0 Å². The number of aryl methyl sites for hydroxylation is 1. The monoisotopic (exact) mass is 409 g/mol. The second kappa shape index (κ2) is 8.61. The van der Waals surface area contributed by atoms with Crippen LogP contribution in [0, 0.1) is 0 Å². The number of hydrogen-bond acceptors (Lipinski definition) is 5. The van der Waals surface area contributed by atoms with E-state index < -0.39 is 6.04 Å². The van der Waals surface area contributed by atoms with Gasteiger partial charge < -0.3 is 15.0 Å². The van der Waals surface area contributed by atoms with Crippen molar-refractivity contribution in [1.82, 2.24) is 9.88 Å². The lowest BCUT2D eigenvalue weighted by molar-refractivity contribution is -0.136. The number of likely N-dealkylation sites (tertiary alicyclic amines) is 1. The molecule has 1 aliphatic heterocycles. The van der Waals surface area contributed by atoms with Gasteiger partial charge in [-0.1, -0.05) is 35.6 Å². The number of nitrogens with zero attached hydrogens (tertiary/aromatic N) is 2. The summed E-state index contributed by atoms with van der Waals surface area (Å²) >= 11 is 1.45. The summed E-state index contributed by atoms with van der Waals surface area (Å²) in [5.41, 5.74) is 1.91. The van der Waals surface area contributed by atoms with Crippen molar-refractivity contribution in [2.45, 2.75) is 31.7 Å². The number of nitrogens with one attached hydrogen (secondary N) is 1. The van der Waals surface area contributed by atoms with Crippen molar-refractivity contribution < 1.29 is 14.3 Å². The van der Waals surface area contributed by atoms with E-state index in [-0.39, 0.29) is 11.8 Å². The number of anilines is 1. The molecule has 2 amide bonds. The van der Waals surface area contributed by atoms with E-state index in [9.17, 15) is 9.59 Å². The van der Waals surface area contributed by atoms with Gasteiger partial charge in [0, 0.05) is 13.0 Å². The SMILES string of the molecule is COc1cccc(CCC(=O)N2CCCC2C(=O)Nc2nc3ccccc3s2)c1. The zero-order valence-electron chi connectivity index (χ0n) is 16.3. The van der Waals surface area contributed by atoms with Gasteiger partial charge in [0.1, 0.15) is 11.8 Å². The van der Waals surface area contributed by atoms with E-state index in [1.165, 1.54) is 11.3 Å².